The fraction of sp³-hybridized carbons (Fsp3) is 0.474. The quantitative estimate of drug-likeness (QED) is 0.927. The van der Waals surface area contributed by atoms with Gasteiger partial charge < -0.3 is 19.3 Å². The number of ether oxygens (including phenoxy) is 3. The molecule has 0 saturated heterocycles. The van der Waals surface area contributed by atoms with E-state index in [-0.39, 0.29) is 0 Å². The zero-order chi connectivity index (χ0) is 16.4. The van der Waals surface area contributed by atoms with Gasteiger partial charge in [0, 0.05) is 5.56 Å². The topological polar surface area (TPSA) is 47.9 Å². The van der Waals surface area contributed by atoms with Crippen molar-refractivity contribution in [3.8, 4) is 17.2 Å². The third-order valence-corrected chi connectivity index (χ3v) is 4.79. The molecule has 1 unspecified atom stereocenters. The van der Waals surface area contributed by atoms with Gasteiger partial charge in [-0.15, -0.1) is 0 Å². The van der Waals surface area contributed by atoms with E-state index in [0.29, 0.717) is 23.7 Å². The van der Waals surface area contributed by atoms with Crippen molar-refractivity contribution in [2.75, 3.05) is 21.3 Å². The molecule has 1 aromatic carbocycles. The number of rotatable bonds is 3. The van der Waals surface area contributed by atoms with Crippen LogP contribution in [-0.4, -0.2) is 26.4 Å². The van der Waals surface area contributed by atoms with Crippen LogP contribution < -0.4 is 14.2 Å². The van der Waals surface area contributed by atoms with Gasteiger partial charge in [0.25, 0.3) is 0 Å². The first-order valence-corrected chi connectivity index (χ1v) is 8.07. The monoisotopic (exact) mass is 316 g/mol. The van der Waals surface area contributed by atoms with Crippen molar-refractivity contribution >= 4 is 0 Å². The maximum Gasteiger partial charge on any atom is 0.203 e. The van der Waals surface area contributed by atoms with E-state index in [2.05, 4.69) is 18.2 Å². The van der Waals surface area contributed by atoms with Gasteiger partial charge >= 0.3 is 0 Å². The summed E-state index contributed by atoms with van der Waals surface area (Å²) in [6.45, 7) is 0. The standard InChI is InChI=1S/C19H24O4/c1-21-15-12-13-8-7-10-14-9-5-4-6-11-19(14,20)16(13)18(23-3)17(15)22-2/h5,9-10,12,20H,4,6-8,11H2,1-3H3. The second-order valence-corrected chi connectivity index (χ2v) is 6.03. The van der Waals surface area contributed by atoms with E-state index in [1.54, 1.807) is 21.3 Å². The summed E-state index contributed by atoms with van der Waals surface area (Å²) in [6, 6.07) is 1.97. The molecule has 0 radical (unpaired) electrons. The Kier molecular flexibility index (Phi) is 4.35. The van der Waals surface area contributed by atoms with Crippen molar-refractivity contribution in [3.63, 3.8) is 0 Å². The van der Waals surface area contributed by atoms with E-state index in [9.17, 15) is 5.11 Å². The molecule has 0 bridgehead atoms. The van der Waals surface area contributed by atoms with Gasteiger partial charge in [-0.1, -0.05) is 18.2 Å². The lowest BCUT2D eigenvalue weighted by Gasteiger charge is -2.32. The molecule has 0 saturated carbocycles. The van der Waals surface area contributed by atoms with Crippen LogP contribution in [0.15, 0.2) is 29.9 Å². The van der Waals surface area contributed by atoms with Crippen LogP contribution in [-0.2, 0) is 12.0 Å². The van der Waals surface area contributed by atoms with Crippen molar-refractivity contribution < 1.29 is 19.3 Å². The van der Waals surface area contributed by atoms with Gasteiger partial charge in [-0.2, -0.15) is 0 Å². The lowest BCUT2D eigenvalue weighted by Crippen LogP contribution is -2.28. The second-order valence-electron chi connectivity index (χ2n) is 6.03. The molecule has 0 fully saturated rings. The molecular formula is C19H24O4. The predicted molar refractivity (Wildman–Crippen MR) is 89.4 cm³/mol. The lowest BCUT2D eigenvalue weighted by molar-refractivity contribution is 0.0661. The van der Waals surface area contributed by atoms with Gasteiger partial charge in [-0.05, 0) is 49.3 Å². The molecule has 23 heavy (non-hydrogen) atoms. The van der Waals surface area contributed by atoms with Crippen LogP contribution in [0.4, 0.5) is 0 Å². The average molecular weight is 316 g/mol. The predicted octanol–water partition coefficient (Wildman–Crippen LogP) is 3.51. The van der Waals surface area contributed by atoms with E-state index < -0.39 is 5.60 Å². The molecule has 124 valence electrons. The van der Waals surface area contributed by atoms with Crippen molar-refractivity contribution in [3.05, 3.63) is 41.0 Å². The Morgan fingerprint density at radius 1 is 1.04 bits per heavy atom. The molecule has 0 heterocycles. The van der Waals surface area contributed by atoms with Crippen LogP contribution in [0.1, 0.15) is 36.8 Å². The smallest absolute Gasteiger partial charge is 0.203 e. The van der Waals surface area contributed by atoms with Crippen LogP contribution in [0.5, 0.6) is 17.2 Å². The number of benzene rings is 1. The van der Waals surface area contributed by atoms with Crippen LogP contribution >= 0.6 is 0 Å². The number of fused-ring (bicyclic) bond motifs is 3. The number of aryl methyl sites for hydroxylation is 1. The highest BCUT2D eigenvalue weighted by molar-refractivity contribution is 5.64. The van der Waals surface area contributed by atoms with Gasteiger partial charge in [0.15, 0.2) is 11.5 Å². The maximum atomic E-state index is 11.6. The van der Waals surface area contributed by atoms with Gasteiger partial charge in [-0.3, -0.25) is 0 Å². The minimum atomic E-state index is -1.04. The molecule has 1 atom stereocenters. The fourth-order valence-electron chi connectivity index (χ4n) is 3.72. The molecule has 0 aromatic heterocycles. The third kappa shape index (κ3) is 2.51. The molecule has 4 nitrogen and oxygen atoms in total. The first-order chi connectivity index (χ1) is 11.2. The highest BCUT2D eigenvalue weighted by Gasteiger charge is 2.40. The maximum absolute atomic E-state index is 11.6. The number of methoxy groups -OCH3 is 3. The lowest BCUT2D eigenvalue weighted by atomic mass is 9.80. The summed E-state index contributed by atoms with van der Waals surface area (Å²) in [5, 5.41) is 11.6. The SMILES string of the molecule is COc1cc2c(c(OC)c1OC)C1(O)CCCC=CC1=CCC2. The fourth-order valence-corrected chi connectivity index (χ4v) is 3.72. The number of hydrogen-bond acceptors (Lipinski definition) is 4. The Labute approximate surface area is 137 Å². The normalized spacial score (nSPS) is 23.0. The van der Waals surface area contributed by atoms with Gasteiger partial charge in [0.1, 0.15) is 5.60 Å². The summed E-state index contributed by atoms with van der Waals surface area (Å²) in [7, 11) is 4.83. The molecule has 0 spiro atoms. The summed E-state index contributed by atoms with van der Waals surface area (Å²) in [5.74, 6) is 1.75. The van der Waals surface area contributed by atoms with Crippen molar-refractivity contribution in [2.45, 2.75) is 37.7 Å². The van der Waals surface area contributed by atoms with E-state index in [0.717, 1.165) is 42.4 Å². The molecule has 2 aliphatic rings. The average Bonchev–Trinajstić information content (AvgIpc) is 2.82. The van der Waals surface area contributed by atoms with Gasteiger partial charge in [-0.25, -0.2) is 0 Å². The highest BCUT2D eigenvalue weighted by Crippen LogP contribution is 2.51. The first-order valence-electron chi connectivity index (χ1n) is 8.07. The van der Waals surface area contributed by atoms with E-state index in [4.69, 9.17) is 14.2 Å². The van der Waals surface area contributed by atoms with Gasteiger partial charge in [0.05, 0.1) is 21.3 Å². The van der Waals surface area contributed by atoms with Crippen LogP contribution in [0.25, 0.3) is 0 Å². The Balaban J connectivity index is 2.30. The van der Waals surface area contributed by atoms with Crippen LogP contribution in [0.3, 0.4) is 0 Å². The number of allylic oxidation sites excluding steroid dienone is 2. The summed E-state index contributed by atoms with van der Waals surface area (Å²) >= 11 is 0. The zero-order valence-corrected chi connectivity index (χ0v) is 14.0. The molecule has 3 rings (SSSR count). The summed E-state index contributed by atoms with van der Waals surface area (Å²) in [6.07, 6.45) is 10.6. The molecule has 1 aromatic rings. The zero-order valence-electron chi connectivity index (χ0n) is 14.0. The van der Waals surface area contributed by atoms with Crippen molar-refractivity contribution in [2.24, 2.45) is 0 Å². The molecule has 1 N–H and O–H groups in total. The third-order valence-electron chi connectivity index (χ3n) is 4.79. The Hall–Kier alpha value is -1.94. The summed E-state index contributed by atoms with van der Waals surface area (Å²) in [4.78, 5) is 0. The van der Waals surface area contributed by atoms with E-state index >= 15 is 0 Å². The number of aliphatic hydroxyl groups is 1. The van der Waals surface area contributed by atoms with Crippen LogP contribution in [0.2, 0.25) is 0 Å². The second kappa shape index (κ2) is 6.28. The summed E-state index contributed by atoms with van der Waals surface area (Å²) in [5.41, 5.74) is 1.81. The van der Waals surface area contributed by atoms with Crippen molar-refractivity contribution in [1.82, 2.24) is 0 Å². The largest absolute Gasteiger partial charge is 0.493 e. The van der Waals surface area contributed by atoms with Crippen LogP contribution in [0, 0.1) is 0 Å². The Morgan fingerprint density at radius 2 is 1.83 bits per heavy atom. The first kappa shape index (κ1) is 15.9. The Bertz CT molecular complexity index is 660. The van der Waals surface area contributed by atoms with E-state index in [1.807, 2.05) is 6.07 Å². The molecule has 2 aliphatic carbocycles. The Morgan fingerprint density at radius 3 is 2.52 bits per heavy atom. The molecule has 0 aliphatic heterocycles. The molecular weight excluding hydrogens is 292 g/mol. The van der Waals surface area contributed by atoms with Crippen molar-refractivity contribution in [1.29, 1.82) is 0 Å². The highest BCUT2D eigenvalue weighted by atomic mass is 16.5. The van der Waals surface area contributed by atoms with E-state index in [1.165, 1.54) is 0 Å². The molecule has 0 amide bonds. The number of hydrogen-bond donors (Lipinski definition) is 1. The minimum Gasteiger partial charge on any atom is -0.493 e. The minimum absolute atomic E-state index is 0.539. The molecule has 4 heteroatoms. The summed E-state index contributed by atoms with van der Waals surface area (Å²) < 4.78 is 16.7. The van der Waals surface area contributed by atoms with Gasteiger partial charge in [0.2, 0.25) is 5.75 Å².